The van der Waals surface area contributed by atoms with Gasteiger partial charge in [0.05, 0.1) is 36.1 Å². The number of hydrogen-bond acceptors (Lipinski definition) is 6. The summed E-state index contributed by atoms with van der Waals surface area (Å²) in [4.78, 5) is 32.9. The zero-order chi connectivity index (χ0) is 18.5. The van der Waals surface area contributed by atoms with Crippen LogP contribution in [-0.4, -0.2) is 60.7 Å². The van der Waals surface area contributed by atoms with Gasteiger partial charge in [-0.3, -0.25) is 9.59 Å². The number of ether oxygens (including phenoxy) is 2. The van der Waals surface area contributed by atoms with E-state index in [0.717, 1.165) is 6.42 Å². The number of anilines is 1. The lowest BCUT2D eigenvalue weighted by molar-refractivity contribution is -0.111. The third-order valence-electron chi connectivity index (χ3n) is 3.92. The minimum Gasteiger partial charge on any atom is -0.486 e. The number of nitrogens with zero attached hydrogens (tertiary/aromatic N) is 2. The van der Waals surface area contributed by atoms with Crippen LogP contribution in [0.2, 0.25) is 0 Å². The van der Waals surface area contributed by atoms with Crippen molar-refractivity contribution in [3.63, 3.8) is 0 Å². The highest BCUT2D eigenvalue weighted by atomic mass is 16.5. The fraction of sp³-hybridized carbons (Fsp3) is 0.389. The molecule has 1 aliphatic rings. The highest BCUT2D eigenvalue weighted by Crippen LogP contribution is 2.30. The second kappa shape index (κ2) is 8.11. The summed E-state index contributed by atoms with van der Waals surface area (Å²) in [6.45, 7) is 1.79. The number of amides is 1. The molecule has 26 heavy (non-hydrogen) atoms. The van der Waals surface area contributed by atoms with Gasteiger partial charge in [0, 0.05) is 25.1 Å². The number of likely N-dealkylation sites (N-methyl/N-ethyl adjacent to an activating group) is 1. The van der Waals surface area contributed by atoms with Gasteiger partial charge < -0.3 is 24.7 Å². The molecule has 0 radical (unpaired) electrons. The monoisotopic (exact) mass is 358 g/mol. The summed E-state index contributed by atoms with van der Waals surface area (Å²) in [5.74, 6) is 0.180. The molecule has 3 rings (SSSR count). The average Bonchev–Trinajstić information content (AvgIpc) is 3.09. The zero-order valence-electron chi connectivity index (χ0n) is 14.8. The lowest BCUT2D eigenvalue weighted by Gasteiger charge is -2.16. The van der Waals surface area contributed by atoms with Crippen LogP contribution >= 0.6 is 0 Å². The number of H-pyrrole nitrogens is 1. The van der Waals surface area contributed by atoms with Gasteiger partial charge in [-0.25, -0.2) is 4.98 Å². The first-order chi connectivity index (χ1) is 12.5. The summed E-state index contributed by atoms with van der Waals surface area (Å²) in [6.07, 6.45) is 5.25. The first-order valence-corrected chi connectivity index (χ1v) is 8.41. The predicted octanol–water partition coefficient (Wildman–Crippen LogP) is 1.15. The number of nitrogens with one attached hydrogen (secondary N) is 2. The highest BCUT2D eigenvalue weighted by molar-refractivity contribution is 6.02. The van der Waals surface area contributed by atoms with E-state index >= 15 is 0 Å². The molecule has 2 heterocycles. The fourth-order valence-corrected chi connectivity index (χ4v) is 2.62. The van der Waals surface area contributed by atoms with Gasteiger partial charge in [-0.15, -0.1) is 0 Å². The summed E-state index contributed by atoms with van der Waals surface area (Å²) < 4.78 is 11.3. The molecule has 2 aromatic rings. The number of rotatable bonds is 6. The maximum Gasteiger partial charge on any atom is 0.258 e. The van der Waals surface area contributed by atoms with Gasteiger partial charge in [0.15, 0.2) is 0 Å². The first-order valence-electron chi connectivity index (χ1n) is 8.41. The van der Waals surface area contributed by atoms with E-state index in [-0.39, 0.29) is 17.6 Å². The third kappa shape index (κ3) is 4.47. The Bertz CT molecular complexity index is 869. The molecule has 8 nitrogen and oxygen atoms in total. The minimum absolute atomic E-state index is 0.0885. The third-order valence-corrected chi connectivity index (χ3v) is 3.92. The van der Waals surface area contributed by atoms with E-state index in [2.05, 4.69) is 15.3 Å². The molecule has 2 N–H and O–H groups in total. The van der Waals surface area contributed by atoms with Gasteiger partial charge in [-0.05, 0) is 20.2 Å². The molecule has 1 aromatic heterocycles. The van der Waals surface area contributed by atoms with Crippen LogP contribution in [-0.2, 0) is 9.53 Å². The zero-order valence-corrected chi connectivity index (χ0v) is 14.8. The number of carbonyl (C=O) groups excluding carboxylic acids is 1. The quantitative estimate of drug-likeness (QED) is 0.752. The molecule has 0 bridgehead atoms. The summed E-state index contributed by atoms with van der Waals surface area (Å²) in [6, 6.07) is 3.26. The molecular formula is C18H22N4O4. The van der Waals surface area contributed by atoms with E-state index < -0.39 is 0 Å². The number of aromatic amines is 1. The smallest absolute Gasteiger partial charge is 0.258 e. The van der Waals surface area contributed by atoms with Crippen molar-refractivity contribution in [1.29, 1.82) is 0 Å². The molecule has 0 spiro atoms. The SMILES string of the molecule is CN(C)C/C=C/C(=O)Nc1cc2c(=O)[nH]cnc2cc1OC1CCOC1. The van der Waals surface area contributed by atoms with Crippen LogP contribution in [0.25, 0.3) is 10.9 Å². The number of aromatic nitrogens is 2. The Morgan fingerprint density at radius 2 is 2.35 bits per heavy atom. The Morgan fingerprint density at radius 1 is 1.50 bits per heavy atom. The second-order valence-electron chi connectivity index (χ2n) is 6.35. The van der Waals surface area contributed by atoms with Crippen molar-refractivity contribution in [3.05, 3.63) is 41.0 Å². The lowest BCUT2D eigenvalue weighted by atomic mass is 10.2. The van der Waals surface area contributed by atoms with Crippen LogP contribution in [0.5, 0.6) is 5.75 Å². The van der Waals surface area contributed by atoms with Gasteiger partial charge in [0.1, 0.15) is 11.9 Å². The van der Waals surface area contributed by atoms with E-state index in [1.165, 1.54) is 12.4 Å². The molecule has 138 valence electrons. The van der Waals surface area contributed by atoms with E-state index in [0.29, 0.717) is 42.1 Å². The first kappa shape index (κ1) is 18.1. The maximum absolute atomic E-state index is 12.2. The average molecular weight is 358 g/mol. The van der Waals surface area contributed by atoms with Gasteiger partial charge in [0.2, 0.25) is 5.91 Å². The van der Waals surface area contributed by atoms with Gasteiger partial charge in [-0.1, -0.05) is 6.08 Å². The van der Waals surface area contributed by atoms with Crippen LogP contribution in [0.4, 0.5) is 5.69 Å². The van der Waals surface area contributed by atoms with Crippen molar-refractivity contribution in [3.8, 4) is 5.75 Å². The molecule has 1 aromatic carbocycles. The van der Waals surface area contributed by atoms with Crippen molar-refractivity contribution in [2.75, 3.05) is 39.2 Å². The van der Waals surface area contributed by atoms with Crippen LogP contribution < -0.4 is 15.6 Å². The molecule has 1 aliphatic heterocycles. The van der Waals surface area contributed by atoms with E-state index in [1.807, 2.05) is 19.0 Å². The standard InChI is InChI=1S/C18H22N4O4/c1-22(2)6-3-4-17(23)21-15-8-13-14(19-11-20-18(13)24)9-16(15)26-12-5-7-25-10-12/h3-4,8-9,11-12H,5-7,10H2,1-2H3,(H,21,23)(H,19,20,24)/b4-3+. The van der Waals surface area contributed by atoms with Crippen molar-refractivity contribution in [2.45, 2.75) is 12.5 Å². The maximum atomic E-state index is 12.2. The molecule has 1 fully saturated rings. The molecule has 1 saturated heterocycles. The number of carbonyl (C=O) groups is 1. The topological polar surface area (TPSA) is 96.6 Å². The van der Waals surface area contributed by atoms with E-state index in [9.17, 15) is 9.59 Å². The molecule has 0 saturated carbocycles. The normalized spacial score (nSPS) is 17.3. The Morgan fingerprint density at radius 3 is 3.08 bits per heavy atom. The molecule has 1 amide bonds. The number of hydrogen-bond donors (Lipinski definition) is 2. The van der Waals surface area contributed by atoms with Crippen molar-refractivity contribution in [1.82, 2.24) is 14.9 Å². The lowest BCUT2D eigenvalue weighted by Crippen LogP contribution is -2.18. The molecule has 1 atom stereocenters. The number of benzene rings is 1. The second-order valence-corrected chi connectivity index (χ2v) is 6.35. The summed E-state index contributed by atoms with van der Waals surface area (Å²) >= 11 is 0. The van der Waals surface area contributed by atoms with Crippen LogP contribution in [0, 0.1) is 0 Å². The minimum atomic E-state index is -0.293. The van der Waals surface area contributed by atoms with Crippen LogP contribution in [0.3, 0.4) is 0 Å². The molecule has 0 aliphatic carbocycles. The van der Waals surface area contributed by atoms with Crippen molar-refractivity contribution in [2.24, 2.45) is 0 Å². The predicted molar refractivity (Wildman–Crippen MR) is 98.5 cm³/mol. The van der Waals surface area contributed by atoms with E-state index in [1.54, 1.807) is 18.2 Å². The largest absolute Gasteiger partial charge is 0.486 e. The van der Waals surface area contributed by atoms with Crippen LogP contribution in [0.1, 0.15) is 6.42 Å². The summed E-state index contributed by atoms with van der Waals surface area (Å²) in [5, 5.41) is 3.17. The fourth-order valence-electron chi connectivity index (χ4n) is 2.62. The number of fused-ring (bicyclic) bond motifs is 1. The molecule has 8 heteroatoms. The molecule has 1 unspecified atom stereocenters. The van der Waals surface area contributed by atoms with Gasteiger partial charge in [-0.2, -0.15) is 0 Å². The van der Waals surface area contributed by atoms with Gasteiger partial charge in [0.25, 0.3) is 5.56 Å². The summed E-state index contributed by atoms with van der Waals surface area (Å²) in [7, 11) is 3.83. The van der Waals surface area contributed by atoms with Crippen molar-refractivity contribution < 1.29 is 14.3 Å². The van der Waals surface area contributed by atoms with Gasteiger partial charge >= 0.3 is 0 Å². The Hall–Kier alpha value is -2.71. The Labute approximate surface area is 150 Å². The Kier molecular flexibility index (Phi) is 5.65. The van der Waals surface area contributed by atoms with Crippen molar-refractivity contribution >= 4 is 22.5 Å². The highest BCUT2D eigenvalue weighted by Gasteiger charge is 2.20. The Balaban J connectivity index is 1.89. The van der Waals surface area contributed by atoms with E-state index in [4.69, 9.17) is 9.47 Å². The van der Waals surface area contributed by atoms with Crippen LogP contribution in [0.15, 0.2) is 35.4 Å². The molecular weight excluding hydrogens is 336 g/mol. The summed E-state index contributed by atoms with van der Waals surface area (Å²) in [5.41, 5.74) is 0.663.